The molecule has 7 nitrogen and oxygen atoms in total. The first-order chi connectivity index (χ1) is 20.1. The highest BCUT2D eigenvalue weighted by atomic mass is 19.1. The standard InChI is InChI=1S/C33H46F2N4O3/c1-5-12-33(13-6-2)20-28(38(4)22(33)3)31(41)37-27(18-24-16-25(34)19-26(35)17-24)30(40)29-32(42)39(15-14-36-29)21-23-10-8-7-9-11-23/h7-11,16-17,19,22,27-30,36,40H,5-6,12-15,18,20-21H2,1-4H3,(H,37,41)/t22?,27-,28-,29-,30-/m0/s1. The molecule has 2 aromatic carbocycles. The Morgan fingerprint density at radius 3 is 2.36 bits per heavy atom. The zero-order valence-corrected chi connectivity index (χ0v) is 25.3. The van der Waals surface area contributed by atoms with Crippen LogP contribution in [0.5, 0.6) is 0 Å². The highest BCUT2D eigenvalue weighted by Crippen LogP contribution is 2.47. The van der Waals surface area contributed by atoms with Gasteiger partial charge in [0, 0.05) is 31.7 Å². The lowest BCUT2D eigenvalue weighted by molar-refractivity contribution is -0.141. The number of aliphatic hydroxyl groups excluding tert-OH is 1. The first kappa shape index (κ1) is 32.0. The van der Waals surface area contributed by atoms with Crippen molar-refractivity contribution >= 4 is 11.8 Å². The summed E-state index contributed by atoms with van der Waals surface area (Å²) in [7, 11) is 1.96. The monoisotopic (exact) mass is 584 g/mol. The molecule has 2 aliphatic rings. The predicted octanol–water partition coefficient (Wildman–Crippen LogP) is 4.03. The summed E-state index contributed by atoms with van der Waals surface area (Å²) >= 11 is 0. The summed E-state index contributed by atoms with van der Waals surface area (Å²) in [6.45, 7) is 7.85. The van der Waals surface area contributed by atoms with Crippen LogP contribution in [0.1, 0.15) is 64.0 Å². The Hall–Kier alpha value is -2.88. The number of rotatable bonds is 12. The number of nitrogens with one attached hydrogen (secondary N) is 2. The van der Waals surface area contributed by atoms with Gasteiger partial charge >= 0.3 is 0 Å². The average molecular weight is 585 g/mol. The number of halogens is 2. The highest BCUT2D eigenvalue weighted by molar-refractivity contribution is 5.85. The fraction of sp³-hybridized carbons (Fsp3) is 0.576. The SMILES string of the molecule is CCCC1(CCC)C[C@@H](C(=O)N[C@@H](Cc2cc(F)cc(F)c2)[C@H](O)[C@@H]2NCCN(Cc3ccccc3)C2=O)N(C)C1C. The van der Waals surface area contributed by atoms with Gasteiger partial charge in [-0.1, -0.05) is 57.0 Å². The van der Waals surface area contributed by atoms with Gasteiger partial charge in [0.05, 0.1) is 18.2 Å². The van der Waals surface area contributed by atoms with E-state index in [1.54, 1.807) is 4.90 Å². The molecule has 0 aromatic heterocycles. The Bertz CT molecular complexity index is 1190. The van der Waals surface area contributed by atoms with Gasteiger partial charge in [-0.05, 0) is 68.3 Å². The van der Waals surface area contributed by atoms with E-state index in [-0.39, 0.29) is 29.7 Å². The minimum Gasteiger partial charge on any atom is -0.389 e. The Kier molecular flexibility index (Phi) is 10.7. The van der Waals surface area contributed by atoms with Gasteiger partial charge in [-0.2, -0.15) is 0 Å². The molecule has 1 unspecified atom stereocenters. The summed E-state index contributed by atoms with van der Waals surface area (Å²) in [6.07, 6.45) is 3.41. The lowest BCUT2D eigenvalue weighted by Crippen LogP contribution is -2.64. The minimum atomic E-state index is -1.33. The lowest BCUT2D eigenvalue weighted by atomic mass is 9.73. The number of aliphatic hydroxyl groups is 1. The van der Waals surface area contributed by atoms with E-state index in [4.69, 9.17) is 0 Å². The second kappa shape index (κ2) is 14.1. The molecule has 2 fully saturated rings. The van der Waals surface area contributed by atoms with E-state index in [1.165, 1.54) is 12.1 Å². The maximum atomic E-state index is 14.1. The summed E-state index contributed by atoms with van der Waals surface area (Å²) in [5.41, 5.74) is 1.28. The van der Waals surface area contributed by atoms with Gasteiger partial charge in [0.15, 0.2) is 0 Å². The van der Waals surface area contributed by atoms with Crippen molar-refractivity contribution in [1.82, 2.24) is 20.4 Å². The van der Waals surface area contributed by atoms with Crippen LogP contribution >= 0.6 is 0 Å². The van der Waals surface area contributed by atoms with Crippen molar-refractivity contribution in [2.24, 2.45) is 5.41 Å². The molecule has 0 radical (unpaired) electrons. The highest BCUT2D eigenvalue weighted by Gasteiger charge is 2.50. The van der Waals surface area contributed by atoms with Crippen molar-refractivity contribution in [2.75, 3.05) is 20.1 Å². The summed E-state index contributed by atoms with van der Waals surface area (Å²) in [5, 5.41) is 17.8. The molecule has 2 aliphatic heterocycles. The quantitative estimate of drug-likeness (QED) is 0.351. The Morgan fingerprint density at radius 2 is 1.74 bits per heavy atom. The summed E-state index contributed by atoms with van der Waals surface area (Å²) in [6, 6.07) is 10.7. The van der Waals surface area contributed by atoms with Crippen molar-refractivity contribution in [3.8, 4) is 0 Å². The van der Waals surface area contributed by atoms with Crippen LogP contribution in [0.2, 0.25) is 0 Å². The number of amides is 2. The van der Waals surface area contributed by atoms with Crippen LogP contribution in [0.25, 0.3) is 0 Å². The lowest BCUT2D eigenvalue weighted by Gasteiger charge is -2.38. The molecular weight excluding hydrogens is 538 g/mol. The van der Waals surface area contributed by atoms with Gasteiger partial charge in [-0.3, -0.25) is 14.5 Å². The smallest absolute Gasteiger partial charge is 0.242 e. The molecule has 0 spiro atoms. The Balaban J connectivity index is 1.57. The maximum Gasteiger partial charge on any atom is 0.242 e. The number of hydrogen-bond acceptors (Lipinski definition) is 5. The second-order valence-electron chi connectivity index (χ2n) is 12.2. The number of carbonyl (C=O) groups excluding carboxylic acids is 2. The molecule has 5 atom stereocenters. The third kappa shape index (κ3) is 7.18. The van der Waals surface area contributed by atoms with E-state index in [0.29, 0.717) is 31.6 Å². The molecule has 0 saturated carbocycles. The third-order valence-electron chi connectivity index (χ3n) is 9.39. The van der Waals surface area contributed by atoms with Crippen LogP contribution in [0.4, 0.5) is 8.78 Å². The van der Waals surface area contributed by atoms with Gasteiger partial charge in [-0.25, -0.2) is 8.78 Å². The van der Waals surface area contributed by atoms with Gasteiger partial charge in [0.2, 0.25) is 11.8 Å². The number of carbonyl (C=O) groups is 2. The predicted molar refractivity (Wildman–Crippen MR) is 160 cm³/mol. The van der Waals surface area contributed by atoms with Crippen molar-refractivity contribution in [2.45, 2.75) is 96.1 Å². The van der Waals surface area contributed by atoms with Crippen LogP contribution in [-0.4, -0.2) is 77.1 Å². The van der Waals surface area contributed by atoms with Crippen LogP contribution in [0, 0.1) is 17.0 Å². The minimum absolute atomic E-state index is 0.0128. The maximum absolute atomic E-state index is 14.1. The van der Waals surface area contributed by atoms with Gasteiger partial charge in [0.1, 0.15) is 17.7 Å². The summed E-state index contributed by atoms with van der Waals surface area (Å²) < 4.78 is 28.2. The van der Waals surface area contributed by atoms with E-state index < -0.39 is 35.9 Å². The molecule has 2 amide bonds. The number of likely N-dealkylation sites (tertiary alicyclic amines) is 1. The molecule has 0 bridgehead atoms. The second-order valence-corrected chi connectivity index (χ2v) is 12.2. The van der Waals surface area contributed by atoms with Crippen LogP contribution in [-0.2, 0) is 22.6 Å². The summed E-state index contributed by atoms with van der Waals surface area (Å²) in [4.78, 5) is 31.2. The van der Waals surface area contributed by atoms with Crippen molar-refractivity contribution in [3.63, 3.8) is 0 Å². The van der Waals surface area contributed by atoms with E-state index in [0.717, 1.165) is 37.3 Å². The number of benzene rings is 2. The molecule has 9 heteroatoms. The molecule has 2 aromatic rings. The van der Waals surface area contributed by atoms with E-state index in [9.17, 15) is 23.5 Å². The fourth-order valence-electron chi connectivity index (χ4n) is 7.15. The first-order valence-electron chi connectivity index (χ1n) is 15.3. The average Bonchev–Trinajstić information content (AvgIpc) is 3.19. The van der Waals surface area contributed by atoms with Gasteiger partial charge < -0.3 is 20.6 Å². The van der Waals surface area contributed by atoms with E-state index in [1.807, 2.05) is 37.4 Å². The van der Waals surface area contributed by atoms with E-state index in [2.05, 4.69) is 36.3 Å². The molecule has 2 saturated heterocycles. The van der Waals surface area contributed by atoms with Gasteiger partial charge in [-0.15, -0.1) is 0 Å². The number of nitrogens with zero attached hydrogens (tertiary/aromatic N) is 2. The van der Waals surface area contributed by atoms with Crippen molar-refractivity contribution in [1.29, 1.82) is 0 Å². The molecule has 3 N–H and O–H groups in total. The molecule has 0 aliphatic carbocycles. The zero-order valence-electron chi connectivity index (χ0n) is 25.3. The van der Waals surface area contributed by atoms with Crippen molar-refractivity contribution in [3.05, 3.63) is 71.3 Å². The normalized spacial score (nSPS) is 24.0. The molecule has 4 rings (SSSR count). The van der Waals surface area contributed by atoms with Crippen molar-refractivity contribution < 1.29 is 23.5 Å². The Morgan fingerprint density at radius 1 is 1.10 bits per heavy atom. The largest absolute Gasteiger partial charge is 0.389 e. The first-order valence-corrected chi connectivity index (χ1v) is 15.3. The molecule has 2 heterocycles. The summed E-state index contributed by atoms with van der Waals surface area (Å²) in [5.74, 6) is -2.00. The molecule has 42 heavy (non-hydrogen) atoms. The third-order valence-corrected chi connectivity index (χ3v) is 9.39. The van der Waals surface area contributed by atoms with Crippen LogP contribution < -0.4 is 10.6 Å². The number of hydrogen-bond donors (Lipinski definition) is 3. The topological polar surface area (TPSA) is 84.9 Å². The van der Waals surface area contributed by atoms with Crippen LogP contribution in [0.3, 0.4) is 0 Å². The molecule has 230 valence electrons. The van der Waals surface area contributed by atoms with Crippen LogP contribution in [0.15, 0.2) is 48.5 Å². The number of likely N-dealkylation sites (N-methyl/N-ethyl adjacent to an activating group) is 1. The Labute approximate surface area is 248 Å². The molecular formula is C33H46F2N4O3. The fourth-order valence-corrected chi connectivity index (χ4v) is 7.15. The van der Waals surface area contributed by atoms with Gasteiger partial charge in [0.25, 0.3) is 0 Å². The van der Waals surface area contributed by atoms with E-state index >= 15 is 0 Å². The zero-order chi connectivity index (χ0) is 30.4. The number of piperazine rings is 1.